The van der Waals surface area contributed by atoms with Crippen LogP contribution in [0.2, 0.25) is 0 Å². The van der Waals surface area contributed by atoms with Crippen LogP contribution in [0.5, 0.6) is 0 Å². The molecule has 1 aromatic carbocycles. The molecule has 0 spiro atoms. The minimum atomic E-state index is -0.276. The highest BCUT2D eigenvalue weighted by Crippen LogP contribution is 2.25. The lowest BCUT2D eigenvalue weighted by molar-refractivity contribution is -0.136. The number of methoxy groups -OCH3 is 1. The van der Waals surface area contributed by atoms with Crippen molar-refractivity contribution in [3.63, 3.8) is 0 Å². The molecule has 1 aliphatic rings. The monoisotopic (exact) mass is 303 g/mol. The van der Waals surface area contributed by atoms with E-state index in [2.05, 4.69) is 11.6 Å². The van der Waals surface area contributed by atoms with Gasteiger partial charge in [0.2, 0.25) is 0 Å². The molecule has 1 aromatic rings. The van der Waals surface area contributed by atoms with E-state index in [-0.39, 0.29) is 5.97 Å². The number of hydrogen-bond donors (Lipinski definition) is 1. The first-order valence-corrected chi connectivity index (χ1v) is 7.97. The zero-order valence-electron chi connectivity index (χ0n) is 13.2. The van der Waals surface area contributed by atoms with Gasteiger partial charge in [0.15, 0.2) is 0 Å². The van der Waals surface area contributed by atoms with E-state index in [4.69, 9.17) is 9.57 Å². The number of benzene rings is 1. The van der Waals surface area contributed by atoms with E-state index in [1.165, 1.54) is 26.4 Å². The third kappa shape index (κ3) is 5.62. The van der Waals surface area contributed by atoms with Crippen molar-refractivity contribution < 1.29 is 14.4 Å². The van der Waals surface area contributed by atoms with Crippen molar-refractivity contribution in [2.75, 3.05) is 13.7 Å². The summed E-state index contributed by atoms with van der Waals surface area (Å²) in [5, 5.41) is 0. The number of allylic oxidation sites excluding steroid dienone is 1. The predicted octanol–water partition coefficient (Wildman–Crippen LogP) is 3.39. The van der Waals surface area contributed by atoms with E-state index in [9.17, 15) is 4.79 Å². The fraction of sp³-hybridized carbons (Fsp3) is 0.500. The first kappa shape index (κ1) is 16.7. The number of carbonyl (C=O) groups is 1. The highest BCUT2D eigenvalue weighted by molar-refractivity contribution is 5.88. The van der Waals surface area contributed by atoms with Gasteiger partial charge in [0.25, 0.3) is 0 Å². The Kier molecular flexibility index (Phi) is 7.13. The second-order valence-corrected chi connectivity index (χ2v) is 5.68. The maximum absolute atomic E-state index is 11.9. The Labute approximate surface area is 132 Å². The molecule has 1 N–H and O–H groups in total. The summed E-state index contributed by atoms with van der Waals surface area (Å²) in [5.74, 6) is 0.208. The normalized spacial score (nSPS) is 16.5. The number of carbonyl (C=O) groups excluding carboxylic acids is 1. The van der Waals surface area contributed by atoms with Crippen molar-refractivity contribution in [1.82, 2.24) is 5.48 Å². The molecule has 1 aliphatic carbocycles. The fourth-order valence-corrected chi connectivity index (χ4v) is 2.75. The highest BCUT2D eigenvalue weighted by atomic mass is 16.6. The predicted molar refractivity (Wildman–Crippen MR) is 85.9 cm³/mol. The van der Waals surface area contributed by atoms with Crippen LogP contribution in [0.15, 0.2) is 42.0 Å². The Hall–Kier alpha value is -1.65. The van der Waals surface area contributed by atoms with Crippen molar-refractivity contribution in [1.29, 1.82) is 0 Å². The summed E-state index contributed by atoms with van der Waals surface area (Å²) in [5.41, 5.74) is 4.61. The van der Waals surface area contributed by atoms with Gasteiger partial charge in [-0.3, -0.25) is 4.84 Å². The Bertz CT molecular complexity index is 478. The number of rotatable bonds is 7. The summed E-state index contributed by atoms with van der Waals surface area (Å²) >= 11 is 0. The van der Waals surface area contributed by atoms with Gasteiger partial charge in [0.05, 0.1) is 20.3 Å². The quantitative estimate of drug-likeness (QED) is 0.363. The lowest BCUT2D eigenvalue weighted by Crippen LogP contribution is -2.23. The minimum Gasteiger partial charge on any atom is -0.466 e. The van der Waals surface area contributed by atoms with Crippen LogP contribution < -0.4 is 5.48 Å². The van der Waals surface area contributed by atoms with Crippen LogP contribution in [0.3, 0.4) is 0 Å². The van der Waals surface area contributed by atoms with Crippen LogP contribution in [0.1, 0.15) is 37.7 Å². The van der Waals surface area contributed by atoms with E-state index in [1.807, 2.05) is 30.3 Å². The van der Waals surface area contributed by atoms with Crippen molar-refractivity contribution >= 4 is 5.97 Å². The van der Waals surface area contributed by atoms with Crippen LogP contribution >= 0.6 is 0 Å². The fourth-order valence-electron chi connectivity index (χ4n) is 2.75. The zero-order valence-corrected chi connectivity index (χ0v) is 13.2. The molecule has 0 bridgehead atoms. The molecule has 2 rings (SSSR count). The van der Waals surface area contributed by atoms with E-state index in [0.29, 0.717) is 24.6 Å². The van der Waals surface area contributed by atoms with Crippen LogP contribution in [0.25, 0.3) is 0 Å². The lowest BCUT2D eigenvalue weighted by Gasteiger charge is -2.19. The molecular weight excluding hydrogens is 278 g/mol. The van der Waals surface area contributed by atoms with Crippen molar-refractivity contribution in [2.45, 2.75) is 38.7 Å². The van der Waals surface area contributed by atoms with Gasteiger partial charge in [-0.25, -0.2) is 4.79 Å². The van der Waals surface area contributed by atoms with Gasteiger partial charge in [-0.05, 0) is 24.3 Å². The number of hydrogen-bond acceptors (Lipinski definition) is 4. The SMILES string of the molecule is COC(=O)/C(=C\C1CCCCC1)CNOCc1ccccc1. The third-order valence-electron chi connectivity index (χ3n) is 3.98. The molecule has 0 saturated heterocycles. The summed E-state index contributed by atoms with van der Waals surface area (Å²) in [6.45, 7) is 0.842. The largest absolute Gasteiger partial charge is 0.466 e. The van der Waals surface area contributed by atoms with Crippen molar-refractivity contribution in [3.8, 4) is 0 Å². The minimum absolute atomic E-state index is 0.276. The van der Waals surface area contributed by atoms with Crippen LogP contribution in [-0.2, 0) is 21.0 Å². The average molecular weight is 303 g/mol. The second-order valence-electron chi connectivity index (χ2n) is 5.68. The van der Waals surface area contributed by atoms with Crippen LogP contribution in [0.4, 0.5) is 0 Å². The third-order valence-corrected chi connectivity index (χ3v) is 3.98. The highest BCUT2D eigenvalue weighted by Gasteiger charge is 2.16. The molecule has 0 amide bonds. The molecule has 0 unspecified atom stereocenters. The summed E-state index contributed by atoms with van der Waals surface area (Å²) in [7, 11) is 1.42. The maximum Gasteiger partial charge on any atom is 0.334 e. The standard InChI is InChI=1S/C18H25NO3/c1-21-18(20)17(12-15-8-4-2-5-9-15)13-19-22-14-16-10-6-3-7-11-16/h3,6-7,10-12,15,19H,2,4-5,8-9,13-14H2,1H3/b17-12-. The smallest absolute Gasteiger partial charge is 0.334 e. The summed E-state index contributed by atoms with van der Waals surface area (Å²) in [6.07, 6.45) is 8.16. The Morgan fingerprint density at radius 1 is 1.23 bits per heavy atom. The topological polar surface area (TPSA) is 47.6 Å². The van der Waals surface area contributed by atoms with Gasteiger partial charge in [-0.2, -0.15) is 5.48 Å². The maximum atomic E-state index is 11.9. The molecule has 4 nitrogen and oxygen atoms in total. The molecule has 4 heteroatoms. The molecule has 0 aromatic heterocycles. The Balaban J connectivity index is 1.81. The molecule has 1 saturated carbocycles. The molecule has 0 radical (unpaired) electrons. The number of hydroxylamine groups is 1. The van der Waals surface area contributed by atoms with Gasteiger partial charge < -0.3 is 4.74 Å². The van der Waals surface area contributed by atoms with Gasteiger partial charge in [-0.15, -0.1) is 0 Å². The van der Waals surface area contributed by atoms with Gasteiger partial charge >= 0.3 is 5.97 Å². The van der Waals surface area contributed by atoms with E-state index >= 15 is 0 Å². The average Bonchev–Trinajstić information content (AvgIpc) is 2.58. The molecule has 22 heavy (non-hydrogen) atoms. The summed E-state index contributed by atoms with van der Waals surface area (Å²) in [4.78, 5) is 17.3. The van der Waals surface area contributed by atoms with Crippen LogP contribution in [0, 0.1) is 5.92 Å². The molecule has 120 valence electrons. The first-order chi connectivity index (χ1) is 10.8. The molecular formula is C18H25NO3. The molecule has 1 fully saturated rings. The van der Waals surface area contributed by atoms with E-state index in [1.54, 1.807) is 0 Å². The first-order valence-electron chi connectivity index (χ1n) is 7.97. The van der Waals surface area contributed by atoms with E-state index in [0.717, 1.165) is 18.4 Å². The lowest BCUT2D eigenvalue weighted by atomic mass is 9.88. The number of esters is 1. The number of ether oxygens (including phenoxy) is 1. The van der Waals surface area contributed by atoms with Crippen molar-refractivity contribution in [3.05, 3.63) is 47.5 Å². The number of nitrogens with one attached hydrogen (secondary N) is 1. The van der Waals surface area contributed by atoms with Crippen LogP contribution in [-0.4, -0.2) is 19.6 Å². The van der Waals surface area contributed by atoms with E-state index < -0.39 is 0 Å². The van der Waals surface area contributed by atoms with Gasteiger partial charge in [0, 0.05) is 5.57 Å². The van der Waals surface area contributed by atoms with Crippen molar-refractivity contribution in [2.24, 2.45) is 5.92 Å². The Morgan fingerprint density at radius 2 is 1.95 bits per heavy atom. The molecule has 0 atom stereocenters. The van der Waals surface area contributed by atoms with Gasteiger partial charge in [-0.1, -0.05) is 55.7 Å². The summed E-state index contributed by atoms with van der Waals surface area (Å²) < 4.78 is 4.87. The molecule has 0 aliphatic heterocycles. The zero-order chi connectivity index (χ0) is 15.6. The Morgan fingerprint density at radius 3 is 2.64 bits per heavy atom. The molecule has 0 heterocycles. The van der Waals surface area contributed by atoms with Gasteiger partial charge in [0.1, 0.15) is 0 Å². The second kappa shape index (κ2) is 9.38. The summed E-state index contributed by atoms with van der Waals surface area (Å²) in [6, 6.07) is 9.92.